The van der Waals surface area contributed by atoms with Crippen molar-refractivity contribution in [2.24, 2.45) is 0 Å². The molecule has 2 rings (SSSR count). The molecule has 1 atom stereocenters. The number of urea groups is 1. The summed E-state index contributed by atoms with van der Waals surface area (Å²) in [6.45, 7) is 7.33. The number of rotatable bonds is 6. The molecular weight excluding hydrogens is 280 g/mol. The molecule has 1 aliphatic heterocycles. The van der Waals surface area contributed by atoms with Crippen molar-refractivity contribution in [3.05, 3.63) is 29.8 Å². The fourth-order valence-corrected chi connectivity index (χ4v) is 2.52. The molecule has 22 heavy (non-hydrogen) atoms. The van der Waals surface area contributed by atoms with Gasteiger partial charge in [0, 0.05) is 25.4 Å². The van der Waals surface area contributed by atoms with Gasteiger partial charge in [0.05, 0.1) is 19.3 Å². The van der Waals surface area contributed by atoms with Crippen LogP contribution in [0.2, 0.25) is 0 Å². The Balaban J connectivity index is 1.78. The van der Waals surface area contributed by atoms with Gasteiger partial charge in [-0.1, -0.05) is 17.7 Å². The number of amides is 2. The molecule has 0 aromatic heterocycles. The molecule has 1 aromatic carbocycles. The number of aryl methyl sites for hydroxylation is 1. The zero-order valence-electron chi connectivity index (χ0n) is 13.5. The summed E-state index contributed by atoms with van der Waals surface area (Å²) in [7, 11) is 0. The molecule has 0 saturated carbocycles. The van der Waals surface area contributed by atoms with Crippen LogP contribution in [0.4, 0.5) is 10.5 Å². The highest BCUT2D eigenvalue weighted by molar-refractivity contribution is 5.89. The number of likely N-dealkylation sites (tertiary alicyclic amines) is 1. The molecule has 5 heteroatoms. The van der Waals surface area contributed by atoms with Crippen molar-refractivity contribution in [3.8, 4) is 0 Å². The summed E-state index contributed by atoms with van der Waals surface area (Å²) < 4.78 is 11.1. The van der Waals surface area contributed by atoms with Gasteiger partial charge in [0.2, 0.25) is 0 Å². The van der Waals surface area contributed by atoms with Crippen molar-refractivity contribution < 1.29 is 14.3 Å². The van der Waals surface area contributed by atoms with Crippen LogP contribution in [0.3, 0.4) is 0 Å². The zero-order valence-corrected chi connectivity index (χ0v) is 13.5. The molecule has 0 aliphatic carbocycles. The fraction of sp³-hybridized carbons (Fsp3) is 0.588. The van der Waals surface area contributed by atoms with E-state index in [1.807, 2.05) is 43.0 Å². The molecule has 1 N–H and O–H groups in total. The zero-order chi connectivity index (χ0) is 15.8. The van der Waals surface area contributed by atoms with Gasteiger partial charge in [-0.15, -0.1) is 0 Å². The summed E-state index contributed by atoms with van der Waals surface area (Å²) >= 11 is 0. The molecule has 2 amide bonds. The first-order valence-electron chi connectivity index (χ1n) is 8.01. The number of hydrogen-bond acceptors (Lipinski definition) is 3. The lowest BCUT2D eigenvalue weighted by Gasteiger charge is -2.32. The van der Waals surface area contributed by atoms with Crippen molar-refractivity contribution >= 4 is 11.7 Å². The minimum absolute atomic E-state index is 0.0537. The smallest absolute Gasteiger partial charge is 0.321 e. The highest BCUT2D eigenvalue weighted by Gasteiger charge is 2.24. The summed E-state index contributed by atoms with van der Waals surface area (Å²) in [6, 6.07) is 7.78. The van der Waals surface area contributed by atoms with E-state index in [2.05, 4.69) is 5.32 Å². The van der Waals surface area contributed by atoms with E-state index in [9.17, 15) is 4.79 Å². The fourth-order valence-electron chi connectivity index (χ4n) is 2.52. The number of carbonyl (C=O) groups excluding carboxylic acids is 1. The normalized spacial score (nSPS) is 18.3. The summed E-state index contributed by atoms with van der Waals surface area (Å²) in [4.78, 5) is 14.1. The van der Waals surface area contributed by atoms with Crippen molar-refractivity contribution in [1.82, 2.24) is 4.90 Å². The van der Waals surface area contributed by atoms with E-state index in [4.69, 9.17) is 9.47 Å². The van der Waals surface area contributed by atoms with Gasteiger partial charge in [-0.3, -0.25) is 0 Å². The van der Waals surface area contributed by atoms with Crippen molar-refractivity contribution in [2.75, 3.05) is 38.2 Å². The minimum atomic E-state index is -0.0537. The Labute approximate surface area is 132 Å². The van der Waals surface area contributed by atoms with Gasteiger partial charge in [-0.05, 0) is 38.8 Å². The lowest BCUT2D eigenvalue weighted by atomic mass is 10.1. The van der Waals surface area contributed by atoms with Crippen molar-refractivity contribution in [1.29, 1.82) is 0 Å². The van der Waals surface area contributed by atoms with Crippen molar-refractivity contribution in [2.45, 2.75) is 32.8 Å². The van der Waals surface area contributed by atoms with Gasteiger partial charge in [0.25, 0.3) is 0 Å². The Morgan fingerprint density at radius 3 is 2.82 bits per heavy atom. The quantitative estimate of drug-likeness (QED) is 0.822. The number of hydrogen-bond donors (Lipinski definition) is 1. The highest BCUT2D eigenvalue weighted by atomic mass is 16.5. The summed E-state index contributed by atoms with van der Waals surface area (Å²) in [5.41, 5.74) is 2.01. The number of nitrogens with one attached hydrogen (secondary N) is 1. The second-order valence-corrected chi connectivity index (χ2v) is 5.57. The largest absolute Gasteiger partial charge is 0.379 e. The van der Waals surface area contributed by atoms with E-state index in [1.165, 1.54) is 5.56 Å². The second-order valence-electron chi connectivity index (χ2n) is 5.57. The van der Waals surface area contributed by atoms with Crippen LogP contribution in [0.5, 0.6) is 0 Å². The third-order valence-electron chi connectivity index (χ3n) is 3.75. The van der Waals surface area contributed by atoms with E-state index in [0.29, 0.717) is 26.4 Å². The first-order valence-corrected chi connectivity index (χ1v) is 8.01. The minimum Gasteiger partial charge on any atom is -0.379 e. The van der Waals surface area contributed by atoms with Gasteiger partial charge in [0.1, 0.15) is 0 Å². The second kappa shape index (κ2) is 8.76. The monoisotopic (exact) mass is 306 g/mol. The van der Waals surface area contributed by atoms with Gasteiger partial charge >= 0.3 is 6.03 Å². The van der Waals surface area contributed by atoms with Crippen LogP contribution in [0.25, 0.3) is 0 Å². The van der Waals surface area contributed by atoms with Crippen LogP contribution in [-0.2, 0) is 9.47 Å². The summed E-state index contributed by atoms with van der Waals surface area (Å²) in [5.74, 6) is 0. The number of ether oxygens (including phenoxy) is 2. The molecule has 5 nitrogen and oxygen atoms in total. The van der Waals surface area contributed by atoms with Gasteiger partial charge in [-0.2, -0.15) is 0 Å². The van der Waals surface area contributed by atoms with Crippen LogP contribution in [0.1, 0.15) is 25.3 Å². The van der Waals surface area contributed by atoms with Gasteiger partial charge in [-0.25, -0.2) is 4.79 Å². The first kappa shape index (κ1) is 16.8. The predicted octanol–water partition coefficient (Wildman–Crippen LogP) is 3.04. The maximum absolute atomic E-state index is 12.3. The molecular formula is C17H26N2O3. The average Bonchev–Trinajstić information content (AvgIpc) is 2.54. The standard InChI is InChI=1S/C17H26N2O3/c1-3-21-11-12-22-16-5-4-10-19(13-16)17(20)18-15-8-6-14(2)7-9-15/h6-9,16H,3-5,10-13H2,1-2H3,(H,18,20)/t16-/m1/s1. The third kappa shape index (κ3) is 5.31. The van der Waals surface area contributed by atoms with E-state index in [0.717, 1.165) is 25.1 Å². The number of anilines is 1. The molecule has 0 unspecified atom stereocenters. The Morgan fingerprint density at radius 2 is 2.09 bits per heavy atom. The molecule has 122 valence electrons. The molecule has 1 aromatic rings. The lowest BCUT2D eigenvalue weighted by molar-refractivity contribution is -0.0181. The topological polar surface area (TPSA) is 50.8 Å². The Bertz CT molecular complexity index is 461. The maximum Gasteiger partial charge on any atom is 0.321 e. The lowest BCUT2D eigenvalue weighted by Crippen LogP contribution is -2.45. The van der Waals surface area contributed by atoms with E-state index in [-0.39, 0.29) is 12.1 Å². The van der Waals surface area contributed by atoms with Crippen LogP contribution >= 0.6 is 0 Å². The van der Waals surface area contributed by atoms with E-state index in [1.54, 1.807) is 0 Å². The predicted molar refractivity (Wildman–Crippen MR) is 87.2 cm³/mol. The molecule has 0 radical (unpaired) electrons. The number of benzene rings is 1. The first-order chi connectivity index (χ1) is 10.7. The van der Waals surface area contributed by atoms with Gasteiger partial charge < -0.3 is 19.7 Å². The number of carbonyl (C=O) groups is 1. The molecule has 1 fully saturated rings. The maximum atomic E-state index is 12.3. The molecule has 1 aliphatic rings. The Hall–Kier alpha value is -1.59. The summed E-state index contributed by atoms with van der Waals surface area (Å²) in [5, 5.41) is 2.94. The molecule has 0 spiro atoms. The van der Waals surface area contributed by atoms with E-state index < -0.39 is 0 Å². The number of piperidine rings is 1. The van der Waals surface area contributed by atoms with Crippen LogP contribution in [0, 0.1) is 6.92 Å². The average molecular weight is 306 g/mol. The van der Waals surface area contributed by atoms with Crippen molar-refractivity contribution in [3.63, 3.8) is 0 Å². The highest BCUT2D eigenvalue weighted by Crippen LogP contribution is 2.15. The third-order valence-corrected chi connectivity index (χ3v) is 3.75. The summed E-state index contributed by atoms with van der Waals surface area (Å²) in [6.07, 6.45) is 2.08. The molecule has 1 saturated heterocycles. The van der Waals surface area contributed by atoms with Crippen LogP contribution in [0.15, 0.2) is 24.3 Å². The number of nitrogens with zero attached hydrogens (tertiary/aromatic N) is 1. The van der Waals surface area contributed by atoms with Crippen LogP contribution in [-0.4, -0.2) is 49.9 Å². The van der Waals surface area contributed by atoms with Gasteiger partial charge in [0.15, 0.2) is 0 Å². The molecule has 0 bridgehead atoms. The SMILES string of the molecule is CCOCCO[C@@H]1CCCN(C(=O)Nc2ccc(C)cc2)C1. The molecule has 1 heterocycles. The van der Waals surface area contributed by atoms with Crippen LogP contribution < -0.4 is 5.32 Å². The van der Waals surface area contributed by atoms with E-state index >= 15 is 0 Å². The Morgan fingerprint density at radius 1 is 1.32 bits per heavy atom. The Kier molecular flexibility index (Phi) is 6.68.